The fourth-order valence-corrected chi connectivity index (χ4v) is 8.90. The van der Waals surface area contributed by atoms with Gasteiger partial charge in [0.1, 0.15) is 0 Å². The van der Waals surface area contributed by atoms with Crippen molar-refractivity contribution in [2.24, 2.45) is 16.8 Å². The summed E-state index contributed by atoms with van der Waals surface area (Å²) in [6, 6.07) is 0.186. The third kappa shape index (κ3) is 3.32. The molecule has 0 spiro atoms. The van der Waals surface area contributed by atoms with Gasteiger partial charge in [-0.25, -0.2) is 8.42 Å². The fraction of sp³-hybridized carbons (Fsp3) is 0.812. The van der Waals surface area contributed by atoms with Crippen LogP contribution in [-0.2, 0) is 19.4 Å². The largest absolute Gasteiger partial charge is 0.481 e. The lowest BCUT2D eigenvalue weighted by Gasteiger charge is -2.36. The van der Waals surface area contributed by atoms with Gasteiger partial charge in [0.25, 0.3) is 0 Å². The number of hydrogen-bond donors (Lipinski definition) is 1. The quantitative estimate of drug-likeness (QED) is 0.772. The van der Waals surface area contributed by atoms with Gasteiger partial charge in [-0.05, 0) is 31.1 Å². The van der Waals surface area contributed by atoms with Crippen molar-refractivity contribution in [2.75, 3.05) is 11.5 Å². The Morgan fingerprint density at radius 2 is 1.96 bits per heavy atom. The van der Waals surface area contributed by atoms with Crippen LogP contribution >= 0.6 is 11.8 Å². The molecule has 0 aromatic carbocycles. The van der Waals surface area contributed by atoms with Gasteiger partial charge in [-0.2, -0.15) is 4.99 Å². The zero-order valence-corrected chi connectivity index (χ0v) is 15.5. The maximum atomic E-state index is 12.1. The minimum Gasteiger partial charge on any atom is -0.481 e. The number of carboxylic acid groups (broad SMARTS) is 1. The van der Waals surface area contributed by atoms with Crippen molar-refractivity contribution in [1.82, 2.24) is 4.90 Å². The van der Waals surface area contributed by atoms with E-state index in [9.17, 15) is 18.0 Å². The Morgan fingerprint density at radius 3 is 2.60 bits per heavy atom. The summed E-state index contributed by atoms with van der Waals surface area (Å²) in [5, 5.41) is 9.29. The molecule has 5 atom stereocenters. The zero-order chi connectivity index (χ0) is 17.8. The highest BCUT2D eigenvalue weighted by Gasteiger charge is 2.54. The Hall–Kier alpha value is -1.09. The van der Waals surface area contributed by atoms with E-state index >= 15 is 0 Å². The number of carbonyl (C=O) groups is 2. The molecule has 0 aromatic heterocycles. The van der Waals surface area contributed by atoms with Crippen molar-refractivity contribution in [3.63, 3.8) is 0 Å². The van der Waals surface area contributed by atoms with E-state index in [0.29, 0.717) is 17.0 Å². The first-order valence-electron chi connectivity index (χ1n) is 8.81. The topological polar surface area (TPSA) is 104 Å². The first-order chi connectivity index (χ1) is 11.8. The van der Waals surface area contributed by atoms with Gasteiger partial charge in [0.15, 0.2) is 15.0 Å². The zero-order valence-electron chi connectivity index (χ0n) is 13.8. The number of rotatable bonds is 4. The number of amides is 1. The normalized spacial score (nSPS) is 39.9. The van der Waals surface area contributed by atoms with Crippen molar-refractivity contribution in [1.29, 1.82) is 0 Å². The summed E-state index contributed by atoms with van der Waals surface area (Å²) in [5.41, 5.74) is 0. The van der Waals surface area contributed by atoms with Gasteiger partial charge >= 0.3 is 5.97 Å². The number of aliphatic carboxylic acids is 1. The van der Waals surface area contributed by atoms with E-state index in [1.54, 1.807) is 0 Å². The molecule has 2 heterocycles. The molecule has 138 valence electrons. The molecule has 4 fully saturated rings. The van der Waals surface area contributed by atoms with Crippen LogP contribution in [0.4, 0.5) is 0 Å². The molecule has 9 heteroatoms. The van der Waals surface area contributed by atoms with Gasteiger partial charge in [0.2, 0.25) is 5.91 Å². The Morgan fingerprint density at radius 1 is 1.16 bits per heavy atom. The molecule has 2 saturated carbocycles. The lowest BCUT2D eigenvalue weighted by atomic mass is 9.93. The number of nitrogens with zero attached hydrogens (tertiary/aromatic N) is 2. The van der Waals surface area contributed by atoms with Crippen LogP contribution in [0.5, 0.6) is 0 Å². The molecule has 25 heavy (non-hydrogen) atoms. The third-order valence-corrected chi connectivity index (χ3v) is 9.16. The average Bonchev–Trinajstić information content (AvgIpc) is 3.24. The Balaban J connectivity index is 1.57. The van der Waals surface area contributed by atoms with E-state index in [2.05, 4.69) is 9.89 Å². The van der Waals surface area contributed by atoms with Gasteiger partial charge < -0.3 is 10.0 Å². The number of carboxylic acids is 1. The summed E-state index contributed by atoms with van der Waals surface area (Å²) in [4.78, 5) is 29.0. The summed E-state index contributed by atoms with van der Waals surface area (Å²) in [5.74, 6) is 0.109. The van der Waals surface area contributed by atoms with Gasteiger partial charge in [-0.3, -0.25) is 9.59 Å². The summed E-state index contributed by atoms with van der Waals surface area (Å²) >= 11 is 1.40. The molecule has 0 unspecified atom stereocenters. The Labute approximate surface area is 151 Å². The van der Waals surface area contributed by atoms with Crippen LogP contribution in [0.2, 0.25) is 0 Å². The van der Waals surface area contributed by atoms with Crippen LogP contribution in [-0.4, -0.2) is 64.3 Å². The highest BCUT2D eigenvalue weighted by atomic mass is 32.2. The van der Waals surface area contributed by atoms with E-state index in [0.717, 1.165) is 6.42 Å². The molecule has 4 rings (SSSR count). The molecule has 2 aliphatic heterocycles. The smallest absolute Gasteiger partial charge is 0.303 e. The number of thioether (sulfide) groups is 1. The third-order valence-electron chi connectivity index (χ3n) is 5.94. The van der Waals surface area contributed by atoms with E-state index in [1.165, 1.54) is 31.0 Å². The van der Waals surface area contributed by atoms with Crippen LogP contribution in [0.15, 0.2) is 4.99 Å². The van der Waals surface area contributed by atoms with Gasteiger partial charge in [0.05, 0.1) is 24.0 Å². The predicted molar refractivity (Wildman–Crippen MR) is 94.2 cm³/mol. The molecule has 7 nitrogen and oxygen atoms in total. The number of amidine groups is 1. The summed E-state index contributed by atoms with van der Waals surface area (Å²) < 4.78 is 24.1. The molecule has 0 aromatic rings. The van der Waals surface area contributed by atoms with Crippen molar-refractivity contribution in [3.05, 3.63) is 0 Å². The first kappa shape index (κ1) is 17.3. The average molecular weight is 386 g/mol. The highest BCUT2D eigenvalue weighted by Crippen LogP contribution is 2.51. The Bertz CT molecular complexity index is 735. The van der Waals surface area contributed by atoms with Crippen LogP contribution in [0.1, 0.15) is 38.5 Å². The van der Waals surface area contributed by atoms with E-state index < -0.39 is 21.7 Å². The molecular formula is C16H22N2O5S2. The maximum absolute atomic E-state index is 12.1. The standard InChI is InChI=1S/C16H22N2O5S2/c19-14(3-4-15(20)21)17-16-18(11-6-9-1-2-10(11)5-9)12-7-25(22,23)8-13(12)24-16/h9-13H,1-8H2,(H,20,21)/t9-,10+,11+,12-,13+/m1/s1. The van der Waals surface area contributed by atoms with Crippen LogP contribution in [0, 0.1) is 11.8 Å². The molecule has 2 aliphatic carbocycles. The number of carbonyl (C=O) groups excluding carboxylic acids is 1. The van der Waals surface area contributed by atoms with Crippen molar-refractivity contribution < 1.29 is 23.1 Å². The number of sulfone groups is 1. The Kier molecular flexibility index (Phi) is 4.34. The van der Waals surface area contributed by atoms with Gasteiger partial charge in [-0.15, -0.1) is 0 Å². The second-order valence-corrected chi connectivity index (χ2v) is 11.0. The molecular weight excluding hydrogens is 364 g/mol. The van der Waals surface area contributed by atoms with E-state index in [1.807, 2.05) is 0 Å². The second-order valence-electron chi connectivity index (χ2n) is 7.63. The number of aliphatic imine (C=N–C) groups is 1. The number of fused-ring (bicyclic) bond motifs is 3. The van der Waals surface area contributed by atoms with E-state index in [4.69, 9.17) is 5.11 Å². The maximum Gasteiger partial charge on any atom is 0.303 e. The molecule has 2 bridgehead atoms. The van der Waals surface area contributed by atoms with Crippen molar-refractivity contribution in [2.45, 2.75) is 55.9 Å². The monoisotopic (exact) mass is 386 g/mol. The van der Waals surface area contributed by atoms with Crippen LogP contribution in [0.3, 0.4) is 0 Å². The van der Waals surface area contributed by atoms with E-state index in [-0.39, 0.29) is 41.7 Å². The molecule has 1 N–H and O–H groups in total. The van der Waals surface area contributed by atoms with Crippen LogP contribution < -0.4 is 0 Å². The summed E-state index contributed by atoms with van der Waals surface area (Å²) in [6.45, 7) is 0. The van der Waals surface area contributed by atoms with Gasteiger partial charge in [-0.1, -0.05) is 18.2 Å². The fourth-order valence-electron chi connectivity index (χ4n) is 4.91. The van der Waals surface area contributed by atoms with Gasteiger partial charge in [0, 0.05) is 17.7 Å². The number of hydrogen-bond acceptors (Lipinski definition) is 5. The second kappa shape index (κ2) is 6.26. The molecule has 4 aliphatic rings. The SMILES string of the molecule is O=C(O)CCC(=O)N=C1S[C@H]2CS(=O)(=O)C[C@H]2N1[C@H]1C[C@@H]2CC[C@H]1C2. The van der Waals surface area contributed by atoms with Crippen LogP contribution in [0.25, 0.3) is 0 Å². The lowest BCUT2D eigenvalue weighted by molar-refractivity contribution is -0.138. The minimum atomic E-state index is -3.03. The predicted octanol–water partition coefficient (Wildman–Crippen LogP) is 1.14. The molecule has 2 saturated heterocycles. The summed E-state index contributed by atoms with van der Waals surface area (Å²) in [7, 11) is -3.03. The highest BCUT2D eigenvalue weighted by molar-refractivity contribution is 8.15. The van der Waals surface area contributed by atoms with Crippen molar-refractivity contribution in [3.8, 4) is 0 Å². The van der Waals surface area contributed by atoms with Crippen molar-refractivity contribution >= 4 is 38.6 Å². The first-order valence-corrected chi connectivity index (χ1v) is 11.5. The minimum absolute atomic E-state index is 0.0600. The summed E-state index contributed by atoms with van der Waals surface area (Å²) in [6.07, 6.45) is 4.32. The molecule has 1 amide bonds. The molecule has 0 radical (unpaired) electrons. The lowest BCUT2D eigenvalue weighted by Crippen LogP contribution is -2.47.